The van der Waals surface area contributed by atoms with E-state index in [0.717, 1.165) is 26.2 Å². The Hall–Kier alpha value is -0.320. The van der Waals surface area contributed by atoms with E-state index in [1.807, 2.05) is 0 Å². The molecular weight excluding hydrogens is 216 g/mol. The Labute approximate surface area is 97.8 Å². The highest BCUT2D eigenvalue weighted by atomic mass is 35.5. The van der Waals surface area contributed by atoms with Crippen molar-refractivity contribution in [2.45, 2.75) is 25.8 Å². The third kappa shape index (κ3) is 4.36. The number of hydrogen-bond acceptors (Lipinski definition) is 4. The second-order valence-corrected chi connectivity index (χ2v) is 4.30. The van der Waals surface area contributed by atoms with Crippen LogP contribution in [0.1, 0.15) is 20.3 Å². The van der Waals surface area contributed by atoms with Gasteiger partial charge in [0, 0.05) is 31.7 Å². The molecule has 0 aliphatic carbocycles. The Kier molecular flexibility index (Phi) is 6.17. The predicted octanol–water partition coefficient (Wildman–Crippen LogP) is 0.655. The van der Waals surface area contributed by atoms with Gasteiger partial charge in [0.15, 0.2) is 0 Å². The molecule has 1 aliphatic rings. The lowest BCUT2D eigenvalue weighted by Crippen LogP contribution is -2.58. The lowest BCUT2D eigenvalue weighted by Gasteiger charge is -2.42. The molecule has 0 saturated carbocycles. The lowest BCUT2D eigenvalue weighted by atomic mass is 10.00. The first-order chi connectivity index (χ1) is 6.56. The fraction of sp³-hybridized carbons (Fsp3) is 0.900. The van der Waals surface area contributed by atoms with Crippen LogP contribution in [-0.2, 0) is 9.53 Å². The van der Waals surface area contributed by atoms with Gasteiger partial charge in [0.1, 0.15) is 0 Å². The standard InChI is InChI=1S/C10H20N2O2.ClH/c1-10(2)8-11-5-7-12(10)6-4-9(13)14-3;/h11H,4-8H2,1-3H3;1H. The molecule has 0 radical (unpaired) electrons. The minimum atomic E-state index is -0.126. The number of halogens is 1. The van der Waals surface area contributed by atoms with E-state index in [0.29, 0.717) is 6.42 Å². The Morgan fingerprint density at radius 2 is 2.20 bits per heavy atom. The summed E-state index contributed by atoms with van der Waals surface area (Å²) in [6.07, 6.45) is 0.486. The zero-order chi connectivity index (χ0) is 10.6. The van der Waals surface area contributed by atoms with Crippen LogP contribution in [0.15, 0.2) is 0 Å². The summed E-state index contributed by atoms with van der Waals surface area (Å²) in [5.41, 5.74) is 0.145. The molecule has 0 unspecified atom stereocenters. The average Bonchev–Trinajstić information content (AvgIpc) is 2.15. The summed E-state index contributed by atoms with van der Waals surface area (Å²) in [5.74, 6) is -0.126. The van der Waals surface area contributed by atoms with Crippen molar-refractivity contribution in [3.05, 3.63) is 0 Å². The van der Waals surface area contributed by atoms with E-state index in [9.17, 15) is 4.79 Å². The summed E-state index contributed by atoms with van der Waals surface area (Å²) in [4.78, 5) is 13.3. The molecule has 1 rings (SSSR count). The van der Waals surface area contributed by atoms with Gasteiger partial charge in [0.05, 0.1) is 13.5 Å². The van der Waals surface area contributed by atoms with Gasteiger partial charge in [-0.15, -0.1) is 12.4 Å². The molecule has 0 aromatic carbocycles. The maximum absolute atomic E-state index is 11.0. The fourth-order valence-electron chi connectivity index (χ4n) is 1.77. The van der Waals surface area contributed by atoms with Gasteiger partial charge in [-0.2, -0.15) is 0 Å². The number of carbonyl (C=O) groups is 1. The van der Waals surface area contributed by atoms with E-state index in [1.54, 1.807) is 0 Å². The third-order valence-corrected chi connectivity index (χ3v) is 2.79. The highest BCUT2D eigenvalue weighted by Gasteiger charge is 2.29. The maximum atomic E-state index is 11.0. The molecule has 5 heteroatoms. The Morgan fingerprint density at radius 3 is 2.73 bits per heavy atom. The quantitative estimate of drug-likeness (QED) is 0.731. The van der Waals surface area contributed by atoms with E-state index in [1.165, 1.54) is 7.11 Å². The van der Waals surface area contributed by atoms with Crippen LogP contribution in [0.4, 0.5) is 0 Å². The molecule has 1 N–H and O–H groups in total. The number of carbonyl (C=O) groups excluding carboxylic acids is 1. The zero-order valence-corrected chi connectivity index (χ0v) is 10.5. The SMILES string of the molecule is COC(=O)CCN1CCNCC1(C)C.Cl. The number of rotatable bonds is 3. The van der Waals surface area contributed by atoms with Crippen molar-refractivity contribution in [2.75, 3.05) is 33.3 Å². The smallest absolute Gasteiger partial charge is 0.306 e. The fourth-order valence-corrected chi connectivity index (χ4v) is 1.77. The molecule has 0 aromatic heterocycles. The molecule has 0 spiro atoms. The number of esters is 1. The van der Waals surface area contributed by atoms with Gasteiger partial charge >= 0.3 is 5.97 Å². The van der Waals surface area contributed by atoms with Crippen LogP contribution in [0.5, 0.6) is 0 Å². The van der Waals surface area contributed by atoms with Crippen molar-refractivity contribution >= 4 is 18.4 Å². The normalized spacial score (nSPS) is 20.5. The minimum absolute atomic E-state index is 0. The lowest BCUT2D eigenvalue weighted by molar-refractivity contribution is -0.141. The number of ether oxygens (including phenoxy) is 1. The van der Waals surface area contributed by atoms with Gasteiger partial charge < -0.3 is 10.1 Å². The summed E-state index contributed by atoms with van der Waals surface area (Å²) in [5, 5.41) is 3.35. The summed E-state index contributed by atoms with van der Waals surface area (Å²) >= 11 is 0. The van der Waals surface area contributed by atoms with Gasteiger partial charge in [-0.05, 0) is 13.8 Å². The maximum Gasteiger partial charge on any atom is 0.306 e. The minimum Gasteiger partial charge on any atom is -0.469 e. The first kappa shape index (κ1) is 14.7. The highest BCUT2D eigenvalue weighted by Crippen LogP contribution is 2.16. The third-order valence-electron chi connectivity index (χ3n) is 2.79. The van der Waals surface area contributed by atoms with Crippen LogP contribution >= 0.6 is 12.4 Å². The summed E-state index contributed by atoms with van der Waals surface area (Å²) < 4.78 is 4.63. The largest absolute Gasteiger partial charge is 0.469 e. The Bertz CT molecular complexity index is 210. The van der Waals surface area contributed by atoms with Crippen molar-refractivity contribution in [2.24, 2.45) is 0 Å². The second kappa shape index (κ2) is 6.30. The second-order valence-electron chi connectivity index (χ2n) is 4.30. The van der Waals surface area contributed by atoms with Crippen LogP contribution in [0, 0.1) is 0 Å². The molecule has 1 heterocycles. The molecule has 15 heavy (non-hydrogen) atoms. The molecule has 0 atom stereocenters. The molecule has 1 aliphatic heterocycles. The topological polar surface area (TPSA) is 41.6 Å². The average molecular weight is 237 g/mol. The van der Waals surface area contributed by atoms with E-state index < -0.39 is 0 Å². The molecule has 4 nitrogen and oxygen atoms in total. The van der Waals surface area contributed by atoms with Crippen molar-refractivity contribution < 1.29 is 9.53 Å². The highest BCUT2D eigenvalue weighted by molar-refractivity contribution is 5.85. The van der Waals surface area contributed by atoms with Gasteiger partial charge in [-0.1, -0.05) is 0 Å². The van der Waals surface area contributed by atoms with Gasteiger partial charge in [0.2, 0.25) is 0 Å². The van der Waals surface area contributed by atoms with Crippen LogP contribution in [0.3, 0.4) is 0 Å². The van der Waals surface area contributed by atoms with Crippen LogP contribution in [0.2, 0.25) is 0 Å². The van der Waals surface area contributed by atoms with E-state index in [2.05, 4.69) is 28.8 Å². The number of nitrogens with one attached hydrogen (secondary N) is 1. The van der Waals surface area contributed by atoms with Crippen LogP contribution in [0.25, 0.3) is 0 Å². The van der Waals surface area contributed by atoms with Gasteiger partial charge in [-0.3, -0.25) is 9.69 Å². The van der Waals surface area contributed by atoms with Crippen molar-refractivity contribution in [1.82, 2.24) is 10.2 Å². The zero-order valence-electron chi connectivity index (χ0n) is 9.71. The number of nitrogens with zero attached hydrogens (tertiary/aromatic N) is 1. The van der Waals surface area contributed by atoms with Crippen molar-refractivity contribution in [3.63, 3.8) is 0 Å². The van der Waals surface area contributed by atoms with Crippen LogP contribution in [-0.4, -0.2) is 49.7 Å². The number of piperazine rings is 1. The van der Waals surface area contributed by atoms with Crippen molar-refractivity contribution in [1.29, 1.82) is 0 Å². The van der Waals surface area contributed by atoms with Gasteiger partial charge in [0.25, 0.3) is 0 Å². The van der Waals surface area contributed by atoms with E-state index in [4.69, 9.17) is 0 Å². The first-order valence-corrected chi connectivity index (χ1v) is 5.09. The summed E-state index contributed by atoms with van der Waals surface area (Å²) in [7, 11) is 1.44. The molecule has 0 aromatic rings. The molecule has 1 fully saturated rings. The van der Waals surface area contributed by atoms with Crippen LogP contribution < -0.4 is 5.32 Å². The van der Waals surface area contributed by atoms with Crippen molar-refractivity contribution in [3.8, 4) is 0 Å². The molecular formula is C10H21ClN2O2. The van der Waals surface area contributed by atoms with Gasteiger partial charge in [-0.25, -0.2) is 0 Å². The Balaban J connectivity index is 0.00000196. The monoisotopic (exact) mass is 236 g/mol. The predicted molar refractivity (Wildman–Crippen MR) is 62.4 cm³/mol. The molecule has 1 saturated heterocycles. The first-order valence-electron chi connectivity index (χ1n) is 5.09. The molecule has 0 amide bonds. The summed E-state index contributed by atoms with van der Waals surface area (Å²) in [6, 6.07) is 0. The number of methoxy groups -OCH3 is 1. The van der Waals surface area contributed by atoms with E-state index >= 15 is 0 Å². The summed E-state index contributed by atoms with van der Waals surface area (Å²) in [6.45, 7) is 8.16. The number of hydrogen-bond donors (Lipinski definition) is 1. The molecule has 90 valence electrons. The molecule has 0 bridgehead atoms. The van der Waals surface area contributed by atoms with E-state index in [-0.39, 0.29) is 23.9 Å². The Morgan fingerprint density at radius 1 is 1.53 bits per heavy atom.